The first-order chi connectivity index (χ1) is 15.4. The molecule has 0 saturated carbocycles. The lowest BCUT2D eigenvalue weighted by Gasteiger charge is -2.47. The summed E-state index contributed by atoms with van der Waals surface area (Å²) in [6, 6.07) is 16.0. The number of fused-ring (bicyclic) bond motifs is 3. The number of ether oxygens (including phenoxy) is 3. The molecule has 2 aromatic rings. The van der Waals surface area contributed by atoms with E-state index in [-0.39, 0.29) is 18.7 Å². The van der Waals surface area contributed by atoms with Crippen LogP contribution in [-0.4, -0.2) is 43.0 Å². The van der Waals surface area contributed by atoms with Crippen LogP contribution in [0.1, 0.15) is 35.7 Å². The number of amides is 1. The van der Waals surface area contributed by atoms with Gasteiger partial charge in [-0.2, -0.15) is 0 Å². The van der Waals surface area contributed by atoms with Gasteiger partial charge in [0.25, 0.3) is 5.91 Å². The molecule has 0 unspecified atom stereocenters. The summed E-state index contributed by atoms with van der Waals surface area (Å²) in [6.45, 7) is 1.83. The van der Waals surface area contributed by atoms with E-state index in [1.165, 1.54) is 30.9 Å². The van der Waals surface area contributed by atoms with Crippen molar-refractivity contribution in [1.29, 1.82) is 0 Å². The van der Waals surface area contributed by atoms with Crippen LogP contribution in [0.3, 0.4) is 0 Å². The predicted octanol–water partition coefficient (Wildman–Crippen LogP) is 3.84. The molecule has 0 fully saturated rings. The Balaban J connectivity index is 1.89. The quantitative estimate of drug-likeness (QED) is 0.615. The van der Waals surface area contributed by atoms with E-state index >= 15 is 0 Å². The maximum absolute atomic E-state index is 13.5. The topological polar surface area (TPSA) is 82.1 Å². The summed E-state index contributed by atoms with van der Waals surface area (Å²) in [5.41, 5.74) is 0.302. The van der Waals surface area contributed by atoms with Gasteiger partial charge in [0, 0.05) is 16.0 Å². The van der Waals surface area contributed by atoms with Gasteiger partial charge in [0.15, 0.2) is 5.09 Å². The first-order valence-electron chi connectivity index (χ1n) is 10.1. The second-order valence-corrected chi connectivity index (χ2v) is 8.59. The Hall–Kier alpha value is -3.26. The summed E-state index contributed by atoms with van der Waals surface area (Å²) in [5.74, 6) is -1.29. The number of methoxy groups -OCH3 is 2. The average molecular weight is 454 g/mol. The van der Waals surface area contributed by atoms with Crippen LogP contribution in [0, 0.1) is 0 Å². The van der Waals surface area contributed by atoms with Crippen LogP contribution in [0.5, 0.6) is 0 Å². The standard InChI is InChI=1S/C24H23NO6S/c1-15-19(13-20(26)29-2)25-22(28)17-11-7-8-12-18(17)24(25,14-21(27)30-3)31-23(15)32-16-9-5-4-6-10-16/h4-12,19H,13-14H2,1-3H3/t19-,24+/m1/s1. The molecule has 0 aromatic heterocycles. The van der Waals surface area contributed by atoms with Crippen molar-refractivity contribution in [1.82, 2.24) is 4.90 Å². The fraction of sp³-hybridized carbons (Fsp3) is 0.292. The van der Waals surface area contributed by atoms with E-state index in [1.807, 2.05) is 37.3 Å². The molecule has 7 nitrogen and oxygen atoms in total. The summed E-state index contributed by atoms with van der Waals surface area (Å²) < 4.78 is 16.4. The average Bonchev–Trinajstić information content (AvgIpc) is 3.05. The highest BCUT2D eigenvalue weighted by Gasteiger charge is 2.59. The van der Waals surface area contributed by atoms with E-state index in [9.17, 15) is 14.4 Å². The van der Waals surface area contributed by atoms with Crippen molar-refractivity contribution >= 4 is 29.6 Å². The third kappa shape index (κ3) is 3.64. The molecule has 8 heteroatoms. The van der Waals surface area contributed by atoms with Gasteiger partial charge in [0.05, 0.1) is 26.7 Å². The lowest BCUT2D eigenvalue weighted by atomic mass is 9.93. The second-order valence-electron chi connectivity index (χ2n) is 7.54. The maximum Gasteiger partial charge on any atom is 0.312 e. The van der Waals surface area contributed by atoms with Crippen molar-refractivity contribution in [2.75, 3.05) is 14.2 Å². The Kier molecular flexibility index (Phi) is 5.97. The van der Waals surface area contributed by atoms with Crippen LogP contribution in [0.15, 0.2) is 70.2 Å². The fourth-order valence-electron chi connectivity index (χ4n) is 4.16. The Bertz CT molecular complexity index is 1100. The highest BCUT2D eigenvalue weighted by molar-refractivity contribution is 8.03. The molecule has 166 valence electrons. The summed E-state index contributed by atoms with van der Waals surface area (Å²) in [4.78, 5) is 40.8. The molecule has 0 radical (unpaired) electrons. The molecule has 32 heavy (non-hydrogen) atoms. The molecule has 2 atom stereocenters. The van der Waals surface area contributed by atoms with Gasteiger partial charge in [-0.25, -0.2) is 0 Å². The fourth-order valence-corrected chi connectivity index (χ4v) is 5.15. The highest BCUT2D eigenvalue weighted by Crippen LogP contribution is 2.53. The van der Waals surface area contributed by atoms with Crippen molar-refractivity contribution in [2.45, 2.75) is 36.4 Å². The van der Waals surface area contributed by atoms with Gasteiger partial charge in [-0.05, 0) is 30.7 Å². The summed E-state index contributed by atoms with van der Waals surface area (Å²) in [7, 11) is 2.60. The zero-order valence-corrected chi connectivity index (χ0v) is 18.8. The van der Waals surface area contributed by atoms with Crippen LogP contribution < -0.4 is 0 Å². The number of thioether (sulfide) groups is 1. The number of benzene rings is 2. The van der Waals surface area contributed by atoms with Crippen LogP contribution in [0.25, 0.3) is 0 Å². The molecular weight excluding hydrogens is 430 g/mol. The number of carbonyl (C=O) groups excluding carboxylic acids is 3. The first-order valence-corrected chi connectivity index (χ1v) is 10.9. The number of hydrogen-bond acceptors (Lipinski definition) is 7. The third-order valence-corrected chi connectivity index (χ3v) is 6.83. The van der Waals surface area contributed by atoms with E-state index in [0.717, 1.165) is 4.90 Å². The zero-order valence-electron chi connectivity index (χ0n) is 18.0. The zero-order chi connectivity index (χ0) is 22.9. The Labute approximate surface area is 190 Å². The molecule has 0 aliphatic carbocycles. The number of hydrogen-bond donors (Lipinski definition) is 0. The summed E-state index contributed by atoms with van der Waals surface area (Å²) in [6.07, 6.45) is -0.275. The molecule has 2 aliphatic rings. The lowest BCUT2D eigenvalue weighted by molar-refractivity contribution is -0.167. The SMILES string of the molecule is COC(=O)C[C@@H]1C(C)=C(Sc2ccccc2)O[C@@]2(CC(=O)OC)c3ccccc3C(=O)N12. The van der Waals surface area contributed by atoms with Crippen LogP contribution in [0.2, 0.25) is 0 Å². The molecule has 2 heterocycles. The monoisotopic (exact) mass is 453 g/mol. The van der Waals surface area contributed by atoms with Crippen LogP contribution in [0.4, 0.5) is 0 Å². The largest absolute Gasteiger partial charge is 0.469 e. The Morgan fingerprint density at radius 2 is 1.69 bits per heavy atom. The minimum atomic E-state index is -1.42. The van der Waals surface area contributed by atoms with Crippen molar-refractivity contribution in [3.63, 3.8) is 0 Å². The number of carbonyl (C=O) groups is 3. The van der Waals surface area contributed by atoms with Gasteiger partial charge >= 0.3 is 11.9 Å². The molecule has 2 aliphatic heterocycles. The Morgan fingerprint density at radius 1 is 1.03 bits per heavy atom. The third-order valence-electron chi connectivity index (χ3n) is 5.73. The minimum absolute atomic E-state index is 0.0623. The number of esters is 2. The van der Waals surface area contributed by atoms with Gasteiger partial charge in [-0.1, -0.05) is 48.2 Å². The molecule has 0 bridgehead atoms. The van der Waals surface area contributed by atoms with E-state index in [1.54, 1.807) is 24.3 Å². The van der Waals surface area contributed by atoms with Crippen molar-refractivity contribution in [2.24, 2.45) is 0 Å². The molecule has 1 amide bonds. The first kappa shape index (κ1) is 22.0. The molecule has 0 spiro atoms. The highest BCUT2D eigenvalue weighted by atomic mass is 32.2. The van der Waals surface area contributed by atoms with E-state index in [4.69, 9.17) is 14.2 Å². The van der Waals surface area contributed by atoms with Gasteiger partial charge in [0.1, 0.15) is 6.42 Å². The number of nitrogens with zero attached hydrogens (tertiary/aromatic N) is 1. The molecule has 2 aromatic carbocycles. The molecule has 0 saturated heterocycles. The maximum atomic E-state index is 13.5. The lowest BCUT2D eigenvalue weighted by Crippen LogP contribution is -2.56. The van der Waals surface area contributed by atoms with Crippen molar-refractivity contribution < 1.29 is 28.6 Å². The van der Waals surface area contributed by atoms with E-state index < -0.39 is 23.7 Å². The van der Waals surface area contributed by atoms with Gasteiger partial charge in [0.2, 0.25) is 5.72 Å². The van der Waals surface area contributed by atoms with Crippen molar-refractivity contribution in [3.8, 4) is 0 Å². The summed E-state index contributed by atoms with van der Waals surface area (Å²) in [5, 5.41) is 0.537. The number of rotatable bonds is 6. The smallest absolute Gasteiger partial charge is 0.312 e. The normalized spacial score (nSPS) is 21.5. The summed E-state index contributed by atoms with van der Waals surface area (Å²) >= 11 is 1.38. The van der Waals surface area contributed by atoms with Crippen molar-refractivity contribution in [3.05, 3.63) is 76.4 Å². The van der Waals surface area contributed by atoms with E-state index in [2.05, 4.69) is 0 Å². The van der Waals surface area contributed by atoms with Gasteiger partial charge in [-0.15, -0.1) is 0 Å². The van der Waals surface area contributed by atoms with Crippen LogP contribution in [-0.2, 0) is 29.5 Å². The van der Waals surface area contributed by atoms with Gasteiger partial charge in [-0.3, -0.25) is 19.3 Å². The molecular formula is C24H23NO6S. The Morgan fingerprint density at radius 3 is 2.38 bits per heavy atom. The minimum Gasteiger partial charge on any atom is -0.469 e. The van der Waals surface area contributed by atoms with Gasteiger partial charge < -0.3 is 14.2 Å². The van der Waals surface area contributed by atoms with E-state index in [0.29, 0.717) is 21.8 Å². The molecule has 0 N–H and O–H groups in total. The predicted molar refractivity (Wildman–Crippen MR) is 117 cm³/mol. The van der Waals surface area contributed by atoms with Crippen LogP contribution >= 0.6 is 11.8 Å². The molecule has 4 rings (SSSR count). The second kappa shape index (κ2) is 8.70.